The summed E-state index contributed by atoms with van der Waals surface area (Å²) in [6.45, 7) is 3.31. The molecule has 0 aliphatic heterocycles. The Balaban J connectivity index is 1.55. The number of aromatic nitrogens is 2. The topological polar surface area (TPSA) is 123 Å². The van der Waals surface area contributed by atoms with Gasteiger partial charge in [0.05, 0.1) is 12.6 Å². The number of carbonyl (C=O) groups is 1. The van der Waals surface area contributed by atoms with E-state index in [-0.39, 0.29) is 23.4 Å². The number of likely N-dealkylation sites (N-methyl/N-ethyl adjacent to an activating group) is 1. The molecule has 0 bridgehead atoms. The first-order valence-electron chi connectivity index (χ1n) is 11.9. The van der Waals surface area contributed by atoms with E-state index in [9.17, 15) is 9.90 Å². The van der Waals surface area contributed by atoms with Gasteiger partial charge < -0.3 is 30.5 Å². The SMILES string of the molecule is COc1cc2c(C#Cc3cc(C(=O)Nc4ccc(OCCN(C)C)cc4)ccc3C)nc(N)nc2cc1O. The van der Waals surface area contributed by atoms with Gasteiger partial charge in [-0.1, -0.05) is 12.0 Å². The molecule has 0 saturated heterocycles. The minimum Gasteiger partial charge on any atom is -0.504 e. The van der Waals surface area contributed by atoms with E-state index in [1.165, 1.54) is 13.2 Å². The minimum atomic E-state index is -0.258. The number of amides is 1. The van der Waals surface area contributed by atoms with Crippen molar-refractivity contribution in [1.29, 1.82) is 0 Å². The minimum absolute atomic E-state index is 0.0327. The van der Waals surface area contributed by atoms with E-state index in [4.69, 9.17) is 15.2 Å². The quantitative estimate of drug-likeness (QED) is 0.320. The Hall–Kier alpha value is -4.81. The number of nitrogens with one attached hydrogen (secondary N) is 1. The number of rotatable bonds is 7. The maximum absolute atomic E-state index is 12.9. The van der Waals surface area contributed by atoms with Gasteiger partial charge in [-0.05, 0) is 75.0 Å². The number of ether oxygens (including phenoxy) is 2. The molecular weight excluding hydrogens is 482 g/mol. The van der Waals surface area contributed by atoms with Gasteiger partial charge in [0.25, 0.3) is 5.91 Å². The van der Waals surface area contributed by atoms with Crippen molar-refractivity contribution >= 4 is 28.4 Å². The van der Waals surface area contributed by atoms with Crippen LogP contribution in [0.3, 0.4) is 0 Å². The molecule has 4 aromatic rings. The number of phenols is 1. The average Bonchev–Trinajstić information content (AvgIpc) is 2.88. The van der Waals surface area contributed by atoms with Gasteiger partial charge in [0.2, 0.25) is 5.95 Å². The van der Waals surface area contributed by atoms with Crippen LogP contribution in [0.5, 0.6) is 17.2 Å². The third kappa shape index (κ3) is 6.30. The van der Waals surface area contributed by atoms with Crippen LogP contribution in [0.15, 0.2) is 54.6 Å². The zero-order valence-electron chi connectivity index (χ0n) is 21.7. The van der Waals surface area contributed by atoms with Crippen LogP contribution in [0.4, 0.5) is 11.6 Å². The number of methoxy groups -OCH3 is 1. The highest BCUT2D eigenvalue weighted by Crippen LogP contribution is 2.31. The zero-order chi connectivity index (χ0) is 27.2. The van der Waals surface area contributed by atoms with Crippen LogP contribution >= 0.6 is 0 Å². The number of aryl methyl sites for hydroxylation is 1. The fraction of sp³-hybridized carbons (Fsp3) is 0.207. The monoisotopic (exact) mass is 511 g/mol. The van der Waals surface area contributed by atoms with E-state index in [2.05, 4.69) is 27.1 Å². The molecule has 0 radical (unpaired) electrons. The van der Waals surface area contributed by atoms with Crippen LogP contribution in [-0.2, 0) is 0 Å². The number of benzene rings is 3. The number of nitrogens with zero attached hydrogens (tertiary/aromatic N) is 3. The van der Waals surface area contributed by atoms with Gasteiger partial charge in [0, 0.05) is 34.8 Å². The van der Waals surface area contributed by atoms with Crippen LogP contribution in [0.2, 0.25) is 0 Å². The lowest BCUT2D eigenvalue weighted by atomic mass is 10.0. The number of hydrogen-bond donors (Lipinski definition) is 3. The molecule has 0 aliphatic carbocycles. The zero-order valence-corrected chi connectivity index (χ0v) is 21.7. The molecule has 1 aromatic heterocycles. The molecule has 0 spiro atoms. The van der Waals surface area contributed by atoms with Crippen molar-refractivity contribution in [2.75, 3.05) is 45.4 Å². The van der Waals surface area contributed by atoms with Crippen molar-refractivity contribution in [3.8, 4) is 29.1 Å². The summed E-state index contributed by atoms with van der Waals surface area (Å²) in [4.78, 5) is 23.4. The molecule has 9 heteroatoms. The molecule has 0 atom stereocenters. The molecular formula is C29H29N5O4. The number of aromatic hydroxyl groups is 1. The second kappa shape index (κ2) is 11.5. The van der Waals surface area contributed by atoms with Gasteiger partial charge in [0.15, 0.2) is 11.5 Å². The van der Waals surface area contributed by atoms with E-state index in [0.29, 0.717) is 40.0 Å². The van der Waals surface area contributed by atoms with Gasteiger partial charge in [-0.25, -0.2) is 9.97 Å². The molecule has 0 fully saturated rings. The summed E-state index contributed by atoms with van der Waals surface area (Å²) in [5, 5.41) is 13.6. The van der Waals surface area contributed by atoms with Crippen molar-refractivity contribution in [3.05, 3.63) is 77.0 Å². The maximum Gasteiger partial charge on any atom is 0.255 e. The summed E-state index contributed by atoms with van der Waals surface area (Å²) in [5.74, 6) is 6.86. The molecule has 0 aliphatic rings. The van der Waals surface area contributed by atoms with Crippen LogP contribution in [0.1, 0.15) is 27.2 Å². The first-order valence-corrected chi connectivity index (χ1v) is 11.9. The fourth-order valence-electron chi connectivity index (χ4n) is 3.63. The van der Waals surface area contributed by atoms with Crippen LogP contribution < -0.4 is 20.5 Å². The van der Waals surface area contributed by atoms with Crippen molar-refractivity contribution < 1.29 is 19.4 Å². The summed E-state index contributed by atoms with van der Waals surface area (Å²) in [7, 11) is 5.43. The second-order valence-corrected chi connectivity index (χ2v) is 8.88. The highest BCUT2D eigenvalue weighted by Gasteiger charge is 2.11. The molecule has 9 nitrogen and oxygen atoms in total. The van der Waals surface area contributed by atoms with E-state index < -0.39 is 0 Å². The first kappa shape index (κ1) is 26.3. The number of fused-ring (bicyclic) bond motifs is 1. The summed E-state index contributed by atoms with van der Waals surface area (Å²) in [6.07, 6.45) is 0. The number of nitrogen functional groups attached to an aromatic ring is 1. The highest BCUT2D eigenvalue weighted by molar-refractivity contribution is 6.04. The Labute approximate surface area is 221 Å². The standard InChI is InChI=1S/C29H29N5O4/c1-18-5-6-20(28(36)31-21-8-10-22(11-9-21)38-14-13-34(2)3)15-19(18)7-12-24-23-16-27(37-4)26(35)17-25(23)33-29(30)32-24/h5-6,8-11,15-17,35H,13-14H2,1-4H3,(H,31,36)(H2,30,32,33). The maximum atomic E-state index is 12.9. The molecule has 0 unspecified atom stereocenters. The van der Waals surface area contributed by atoms with E-state index in [1.807, 2.05) is 44.1 Å². The predicted molar refractivity (Wildman–Crippen MR) is 148 cm³/mol. The van der Waals surface area contributed by atoms with E-state index in [1.54, 1.807) is 30.3 Å². The van der Waals surface area contributed by atoms with Crippen molar-refractivity contribution in [2.45, 2.75) is 6.92 Å². The Morgan fingerprint density at radius 3 is 2.55 bits per heavy atom. The normalized spacial score (nSPS) is 10.7. The Morgan fingerprint density at radius 2 is 1.84 bits per heavy atom. The summed E-state index contributed by atoms with van der Waals surface area (Å²) >= 11 is 0. The Bertz CT molecular complexity index is 1540. The lowest BCUT2D eigenvalue weighted by Gasteiger charge is -2.11. The highest BCUT2D eigenvalue weighted by atomic mass is 16.5. The fourth-order valence-corrected chi connectivity index (χ4v) is 3.63. The molecule has 4 N–H and O–H groups in total. The Kier molecular flexibility index (Phi) is 7.94. The van der Waals surface area contributed by atoms with Crippen molar-refractivity contribution in [2.24, 2.45) is 0 Å². The molecule has 38 heavy (non-hydrogen) atoms. The van der Waals surface area contributed by atoms with Crippen LogP contribution in [0.25, 0.3) is 10.9 Å². The molecule has 1 heterocycles. The molecule has 1 amide bonds. The van der Waals surface area contributed by atoms with Crippen molar-refractivity contribution in [3.63, 3.8) is 0 Å². The van der Waals surface area contributed by atoms with Gasteiger partial charge in [0.1, 0.15) is 18.1 Å². The number of nitrogens with two attached hydrogens (primary N) is 1. The van der Waals surface area contributed by atoms with Gasteiger partial charge in [-0.3, -0.25) is 4.79 Å². The summed E-state index contributed by atoms with van der Waals surface area (Å²) < 4.78 is 10.9. The lowest BCUT2D eigenvalue weighted by Crippen LogP contribution is -2.19. The van der Waals surface area contributed by atoms with E-state index >= 15 is 0 Å². The third-order valence-corrected chi connectivity index (χ3v) is 5.75. The van der Waals surface area contributed by atoms with Gasteiger partial charge in [-0.15, -0.1) is 0 Å². The first-order chi connectivity index (χ1) is 18.2. The van der Waals surface area contributed by atoms with Crippen LogP contribution in [-0.4, -0.2) is 60.2 Å². The molecule has 194 valence electrons. The smallest absolute Gasteiger partial charge is 0.255 e. The number of anilines is 2. The summed E-state index contributed by atoms with van der Waals surface area (Å²) in [6, 6.07) is 15.6. The third-order valence-electron chi connectivity index (χ3n) is 5.75. The molecule has 3 aromatic carbocycles. The molecule has 4 rings (SSSR count). The predicted octanol–water partition coefficient (Wildman–Crippen LogP) is 3.83. The molecule has 0 saturated carbocycles. The Morgan fingerprint density at radius 1 is 1.08 bits per heavy atom. The van der Waals surface area contributed by atoms with Crippen molar-refractivity contribution in [1.82, 2.24) is 14.9 Å². The van der Waals surface area contributed by atoms with Crippen LogP contribution in [0, 0.1) is 18.8 Å². The lowest BCUT2D eigenvalue weighted by molar-refractivity contribution is 0.102. The largest absolute Gasteiger partial charge is 0.504 e. The van der Waals surface area contributed by atoms with Gasteiger partial charge >= 0.3 is 0 Å². The number of hydrogen-bond acceptors (Lipinski definition) is 8. The van der Waals surface area contributed by atoms with Gasteiger partial charge in [-0.2, -0.15) is 0 Å². The average molecular weight is 512 g/mol. The number of phenolic OH excluding ortho intramolecular Hbond substituents is 1. The number of carbonyl (C=O) groups excluding carboxylic acids is 1. The second-order valence-electron chi connectivity index (χ2n) is 8.88. The summed E-state index contributed by atoms with van der Waals surface area (Å²) in [5.41, 5.74) is 9.37. The van der Waals surface area contributed by atoms with E-state index in [0.717, 1.165) is 17.9 Å².